The van der Waals surface area contributed by atoms with Crippen LogP contribution in [0.5, 0.6) is 0 Å². The summed E-state index contributed by atoms with van der Waals surface area (Å²) in [4.78, 5) is 26.7. The molecule has 0 spiro atoms. The number of carbonyl (C=O) groups is 1. The number of likely N-dealkylation sites (N-methyl/N-ethyl adjacent to an activating group) is 1. The third-order valence-electron chi connectivity index (χ3n) is 4.06. The van der Waals surface area contributed by atoms with Gasteiger partial charge in [-0.2, -0.15) is 0 Å². The van der Waals surface area contributed by atoms with Gasteiger partial charge in [-0.3, -0.25) is 4.79 Å². The van der Waals surface area contributed by atoms with E-state index in [1.54, 1.807) is 17.6 Å². The summed E-state index contributed by atoms with van der Waals surface area (Å²) in [5.74, 6) is 0.0291. The predicted octanol–water partition coefficient (Wildman–Crippen LogP) is 2.49. The molecule has 1 heterocycles. The van der Waals surface area contributed by atoms with Crippen LogP contribution in [-0.2, 0) is 16.0 Å². The van der Waals surface area contributed by atoms with Crippen molar-refractivity contribution in [3.05, 3.63) is 34.2 Å². The molecular weight excluding hydrogens is 292 g/mol. The van der Waals surface area contributed by atoms with E-state index < -0.39 is 6.04 Å². The Morgan fingerprint density at radius 1 is 1.30 bits per heavy atom. The van der Waals surface area contributed by atoms with Crippen molar-refractivity contribution in [1.82, 2.24) is 9.47 Å². The molecule has 0 fully saturated rings. The van der Waals surface area contributed by atoms with Gasteiger partial charge in [-0.25, -0.2) is 4.79 Å². The molecule has 0 saturated heterocycles. The number of esters is 1. The lowest BCUT2D eigenvalue weighted by Crippen LogP contribution is -2.32. The van der Waals surface area contributed by atoms with Gasteiger partial charge < -0.3 is 14.2 Å². The summed E-state index contributed by atoms with van der Waals surface area (Å²) in [6.45, 7) is 7.18. The molecule has 1 aromatic heterocycles. The standard InChI is InChI=1S/C18H30N2O3/c1-6-14(3)12-16(18(22)23-7-2)20-13-15(8-9-17(20)21)10-11-19(4)5/h8-9,13-14,16H,6-7,10-12H2,1-5H3. The van der Waals surface area contributed by atoms with Crippen LogP contribution in [0.25, 0.3) is 0 Å². The summed E-state index contributed by atoms with van der Waals surface area (Å²) < 4.78 is 6.74. The number of nitrogens with zero attached hydrogens (tertiary/aromatic N) is 2. The monoisotopic (exact) mass is 322 g/mol. The van der Waals surface area contributed by atoms with Crippen molar-refractivity contribution in [1.29, 1.82) is 0 Å². The van der Waals surface area contributed by atoms with Gasteiger partial charge in [0, 0.05) is 18.8 Å². The molecule has 0 bridgehead atoms. The largest absolute Gasteiger partial charge is 0.464 e. The number of ether oxygens (including phenoxy) is 1. The van der Waals surface area contributed by atoms with Crippen molar-refractivity contribution in [3.8, 4) is 0 Å². The average Bonchev–Trinajstić information content (AvgIpc) is 2.51. The van der Waals surface area contributed by atoms with Crippen LogP contribution >= 0.6 is 0 Å². The zero-order valence-corrected chi connectivity index (χ0v) is 15.0. The van der Waals surface area contributed by atoms with Gasteiger partial charge >= 0.3 is 5.97 Å². The molecule has 5 nitrogen and oxygen atoms in total. The molecule has 0 amide bonds. The van der Waals surface area contributed by atoms with Crippen molar-refractivity contribution in [2.45, 2.75) is 46.1 Å². The third-order valence-corrected chi connectivity index (χ3v) is 4.06. The minimum absolute atomic E-state index is 0.153. The van der Waals surface area contributed by atoms with Crippen molar-refractivity contribution < 1.29 is 9.53 Å². The van der Waals surface area contributed by atoms with Crippen LogP contribution in [0, 0.1) is 5.92 Å². The molecular formula is C18H30N2O3. The van der Waals surface area contributed by atoms with Crippen LogP contribution in [0.2, 0.25) is 0 Å². The number of rotatable bonds is 9. The Morgan fingerprint density at radius 3 is 2.57 bits per heavy atom. The van der Waals surface area contributed by atoms with Crippen molar-refractivity contribution in [2.75, 3.05) is 27.2 Å². The molecule has 0 aromatic carbocycles. The molecule has 2 atom stereocenters. The first-order chi connectivity index (χ1) is 10.9. The first-order valence-electron chi connectivity index (χ1n) is 8.41. The van der Waals surface area contributed by atoms with Gasteiger partial charge in [0.2, 0.25) is 0 Å². The Bertz CT molecular complexity index is 551. The molecule has 5 heteroatoms. The van der Waals surface area contributed by atoms with Crippen LogP contribution in [0.1, 0.15) is 45.2 Å². The Balaban J connectivity index is 3.09. The first-order valence-corrected chi connectivity index (χ1v) is 8.41. The van der Waals surface area contributed by atoms with Gasteiger partial charge in [-0.15, -0.1) is 0 Å². The predicted molar refractivity (Wildman–Crippen MR) is 92.7 cm³/mol. The smallest absolute Gasteiger partial charge is 0.329 e. The fraction of sp³-hybridized carbons (Fsp3) is 0.667. The summed E-state index contributed by atoms with van der Waals surface area (Å²) in [5, 5.41) is 0. The van der Waals surface area contributed by atoms with Crippen LogP contribution in [0.15, 0.2) is 23.1 Å². The minimum atomic E-state index is -0.545. The quantitative estimate of drug-likeness (QED) is 0.656. The summed E-state index contributed by atoms with van der Waals surface area (Å²) in [5.41, 5.74) is 0.900. The second kappa shape index (κ2) is 9.50. The lowest BCUT2D eigenvalue weighted by atomic mass is 9.99. The van der Waals surface area contributed by atoms with Gasteiger partial charge in [0.15, 0.2) is 0 Å². The van der Waals surface area contributed by atoms with Gasteiger partial charge in [-0.1, -0.05) is 26.3 Å². The SMILES string of the molecule is CCOC(=O)C(CC(C)CC)n1cc(CCN(C)C)ccc1=O. The minimum Gasteiger partial charge on any atom is -0.464 e. The van der Waals surface area contributed by atoms with E-state index in [4.69, 9.17) is 4.74 Å². The van der Waals surface area contributed by atoms with Gasteiger partial charge in [0.25, 0.3) is 5.56 Å². The molecule has 23 heavy (non-hydrogen) atoms. The number of hydrogen-bond donors (Lipinski definition) is 0. The van der Waals surface area contributed by atoms with Gasteiger partial charge in [-0.05, 0) is 45.3 Å². The summed E-state index contributed by atoms with van der Waals surface area (Å²) in [6, 6.07) is 2.85. The number of hydrogen-bond acceptors (Lipinski definition) is 4. The van der Waals surface area contributed by atoms with Crippen molar-refractivity contribution >= 4 is 5.97 Å². The van der Waals surface area contributed by atoms with Gasteiger partial charge in [0.05, 0.1) is 6.61 Å². The molecule has 0 saturated carbocycles. The fourth-order valence-corrected chi connectivity index (χ4v) is 2.40. The highest BCUT2D eigenvalue weighted by Crippen LogP contribution is 2.20. The zero-order valence-electron chi connectivity index (χ0n) is 15.0. The van der Waals surface area contributed by atoms with E-state index in [0.29, 0.717) is 18.9 Å². The van der Waals surface area contributed by atoms with Gasteiger partial charge in [0.1, 0.15) is 6.04 Å². The first kappa shape index (κ1) is 19.4. The van der Waals surface area contributed by atoms with Crippen molar-refractivity contribution in [3.63, 3.8) is 0 Å². The molecule has 0 aliphatic carbocycles. The topological polar surface area (TPSA) is 51.5 Å². The maximum atomic E-state index is 12.3. The molecule has 0 aliphatic rings. The van der Waals surface area contributed by atoms with Crippen molar-refractivity contribution in [2.24, 2.45) is 5.92 Å². The van der Waals surface area contributed by atoms with E-state index in [1.165, 1.54) is 0 Å². The molecule has 2 unspecified atom stereocenters. The normalized spacial score (nSPS) is 13.8. The van der Waals surface area contributed by atoms with E-state index in [1.807, 2.05) is 26.4 Å². The lowest BCUT2D eigenvalue weighted by Gasteiger charge is -2.22. The van der Waals surface area contributed by atoms with Crippen LogP contribution in [0.3, 0.4) is 0 Å². The van der Waals surface area contributed by atoms with E-state index in [-0.39, 0.29) is 11.5 Å². The fourth-order valence-electron chi connectivity index (χ4n) is 2.40. The number of aromatic nitrogens is 1. The Hall–Kier alpha value is -1.62. The maximum absolute atomic E-state index is 12.3. The number of carbonyl (C=O) groups excluding carboxylic acids is 1. The highest BCUT2D eigenvalue weighted by molar-refractivity contribution is 5.74. The van der Waals surface area contributed by atoms with Crippen LogP contribution < -0.4 is 5.56 Å². The highest BCUT2D eigenvalue weighted by atomic mass is 16.5. The second-order valence-corrected chi connectivity index (χ2v) is 6.35. The molecule has 0 radical (unpaired) electrons. The summed E-state index contributed by atoms with van der Waals surface area (Å²) in [7, 11) is 4.03. The Kier molecular flexibility index (Phi) is 8.03. The molecule has 0 N–H and O–H groups in total. The van der Waals surface area contributed by atoms with E-state index >= 15 is 0 Å². The second-order valence-electron chi connectivity index (χ2n) is 6.35. The summed E-state index contributed by atoms with van der Waals surface area (Å²) in [6.07, 6.45) is 4.24. The van der Waals surface area contributed by atoms with E-state index in [2.05, 4.69) is 18.7 Å². The maximum Gasteiger partial charge on any atom is 0.329 e. The summed E-state index contributed by atoms with van der Waals surface area (Å²) >= 11 is 0. The van der Waals surface area contributed by atoms with E-state index in [9.17, 15) is 9.59 Å². The molecule has 1 aromatic rings. The highest BCUT2D eigenvalue weighted by Gasteiger charge is 2.24. The average molecular weight is 322 g/mol. The molecule has 0 aliphatic heterocycles. The molecule has 1 rings (SSSR count). The van der Waals surface area contributed by atoms with Crippen LogP contribution in [-0.4, -0.2) is 42.7 Å². The lowest BCUT2D eigenvalue weighted by molar-refractivity contribution is -0.147. The Labute approximate surface area is 139 Å². The number of pyridine rings is 1. The zero-order chi connectivity index (χ0) is 17.4. The molecule has 130 valence electrons. The van der Waals surface area contributed by atoms with E-state index in [0.717, 1.165) is 24.9 Å². The van der Waals surface area contributed by atoms with Crippen LogP contribution in [0.4, 0.5) is 0 Å². The Morgan fingerprint density at radius 2 is 2.00 bits per heavy atom. The third kappa shape index (κ3) is 6.18.